The Labute approximate surface area is 131 Å². The fraction of sp³-hybridized carbons (Fsp3) is 0.647. The maximum absolute atomic E-state index is 5.31. The van der Waals surface area contributed by atoms with Crippen molar-refractivity contribution in [3.8, 4) is 5.75 Å². The Bertz CT molecular complexity index is 421. The molecular formula is C17H26BrNO. The van der Waals surface area contributed by atoms with Crippen LogP contribution >= 0.6 is 15.9 Å². The molecule has 0 spiro atoms. The summed E-state index contributed by atoms with van der Waals surface area (Å²) in [4.78, 5) is 0. The fourth-order valence-corrected chi connectivity index (χ4v) is 3.88. The van der Waals surface area contributed by atoms with Crippen LogP contribution in [0.3, 0.4) is 0 Å². The molecule has 3 heteroatoms. The van der Waals surface area contributed by atoms with Crippen LogP contribution < -0.4 is 10.1 Å². The summed E-state index contributed by atoms with van der Waals surface area (Å²) in [6.45, 7) is 4.45. The summed E-state index contributed by atoms with van der Waals surface area (Å²) in [7, 11) is 1.72. The Kier molecular flexibility index (Phi) is 6.37. The van der Waals surface area contributed by atoms with Crippen LogP contribution in [0.25, 0.3) is 0 Å². The Morgan fingerprint density at radius 1 is 1.25 bits per heavy atom. The second kappa shape index (κ2) is 8.04. The van der Waals surface area contributed by atoms with Crippen molar-refractivity contribution in [2.75, 3.05) is 20.2 Å². The third-order valence-electron chi connectivity index (χ3n) is 4.44. The van der Waals surface area contributed by atoms with E-state index >= 15 is 0 Å². The van der Waals surface area contributed by atoms with Crippen LogP contribution in [-0.4, -0.2) is 20.2 Å². The number of methoxy groups -OCH3 is 1. The molecule has 112 valence electrons. The van der Waals surface area contributed by atoms with Gasteiger partial charge in [-0.1, -0.05) is 25.8 Å². The molecular weight excluding hydrogens is 314 g/mol. The predicted molar refractivity (Wildman–Crippen MR) is 88.4 cm³/mol. The maximum Gasteiger partial charge on any atom is 0.133 e. The molecule has 0 aromatic heterocycles. The number of ether oxygens (including phenoxy) is 1. The number of halogens is 1. The molecule has 1 aromatic carbocycles. The van der Waals surface area contributed by atoms with Gasteiger partial charge in [0.15, 0.2) is 0 Å². The lowest BCUT2D eigenvalue weighted by Crippen LogP contribution is -2.31. The number of benzene rings is 1. The largest absolute Gasteiger partial charge is 0.496 e. The van der Waals surface area contributed by atoms with Gasteiger partial charge in [-0.25, -0.2) is 0 Å². The second-order valence-electron chi connectivity index (χ2n) is 5.79. The monoisotopic (exact) mass is 339 g/mol. The minimum atomic E-state index is 0.822. The van der Waals surface area contributed by atoms with Crippen LogP contribution in [0, 0.1) is 11.8 Å². The van der Waals surface area contributed by atoms with E-state index in [1.54, 1.807) is 7.11 Å². The van der Waals surface area contributed by atoms with Crippen molar-refractivity contribution in [1.82, 2.24) is 5.32 Å². The Balaban J connectivity index is 2.00. The van der Waals surface area contributed by atoms with Gasteiger partial charge in [0.1, 0.15) is 5.75 Å². The van der Waals surface area contributed by atoms with E-state index < -0.39 is 0 Å². The molecule has 1 fully saturated rings. The van der Waals surface area contributed by atoms with Gasteiger partial charge in [-0.05, 0) is 77.8 Å². The molecule has 20 heavy (non-hydrogen) atoms. The highest BCUT2D eigenvalue weighted by atomic mass is 79.9. The molecule has 0 amide bonds. The zero-order valence-electron chi connectivity index (χ0n) is 12.6. The van der Waals surface area contributed by atoms with Gasteiger partial charge in [-0.3, -0.25) is 0 Å². The zero-order chi connectivity index (χ0) is 14.4. The molecule has 2 atom stereocenters. The molecule has 1 saturated carbocycles. The molecule has 0 aliphatic heterocycles. The normalized spacial score (nSPS) is 22.8. The van der Waals surface area contributed by atoms with Crippen molar-refractivity contribution in [2.24, 2.45) is 11.8 Å². The molecule has 1 aliphatic carbocycles. The van der Waals surface area contributed by atoms with Crippen LogP contribution in [0.4, 0.5) is 0 Å². The summed E-state index contributed by atoms with van der Waals surface area (Å²) in [6.07, 6.45) is 6.75. The minimum Gasteiger partial charge on any atom is -0.496 e. The lowest BCUT2D eigenvalue weighted by atomic mass is 9.76. The molecule has 1 aliphatic rings. The van der Waals surface area contributed by atoms with Gasteiger partial charge >= 0.3 is 0 Å². The van der Waals surface area contributed by atoms with E-state index in [4.69, 9.17) is 4.74 Å². The van der Waals surface area contributed by atoms with Crippen LogP contribution in [0.2, 0.25) is 0 Å². The molecule has 1 aromatic rings. The molecule has 0 saturated heterocycles. The first-order valence-corrected chi connectivity index (χ1v) is 8.57. The third kappa shape index (κ3) is 4.23. The van der Waals surface area contributed by atoms with Gasteiger partial charge in [-0.15, -0.1) is 0 Å². The van der Waals surface area contributed by atoms with Crippen molar-refractivity contribution in [2.45, 2.75) is 39.0 Å². The Morgan fingerprint density at radius 3 is 2.65 bits per heavy atom. The van der Waals surface area contributed by atoms with Crippen molar-refractivity contribution >= 4 is 15.9 Å². The zero-order valence-corrected chi connectivity index (χ0v) is 14.2. The predicted octanol–water partition coefficient (Wildman–Crippen LogP) is 4.42. The van der Waals surface area contributed by atoms with Gasteiger partial charge in [-0.2, -0.15) is 0 Å². The van der Waals surface area contributed by atoms with E-state index in [0.29, 0.717) is 0 Å². The standard InChI is InChI=1S/C17H26BrNO/c1-3-19-12-15-7-5-4-6-14(15)10-13-8-9-17(20-2)16(18)11-13/h8-9,11,14-15,19H,3-7,10,12H2,1-2H3. The second-order valence-corrected chi connectivity index (χ2v) is 6.64. The smallest absolute Gasteiger partial charge is 0.133 e. The molecule has 0 heterocycles. The highest BCUT2D eigenvalue weighted by Crippen LogP contribution is 2.34. The van der Waals surface area contributed by atoms with E-state index in [-0.39, 0.29) is 0 Å². The van der Waals surface area contributed by atoms with E-state index in [1.165, 1.54) is 44.2 Å². The number of hydrogen-bond acceptors (Lipinski definition) is 2. The lowest BCUT2D eigenvalue weighted by molar-refractivity contribution is 0.229. The number of rotatable bonds is 6. The number of hydrogen-bond donors (Lipinski definition) is 1. The topological polar surface area (TPSA) is 21.3 Å². The quantitative estimate of drug-likeness (QED) is 0.828. The summed E-state index contributed by atoms with van der Waals surface area (Å²) in [5.74, 6) is 2.58. The molecule has 2 rings (SSSR count). The van der Waals surface area contributed by atoms with Gasteiger partial charge in [0.05, 0.1) is 11.6 Å². The molecule has 2 nitrogen and oxygen atoms in total. The third-order valence-corrected chi connectivity index (χ3v) is 5.06. The highest BCUT2D eigenvalue weighted by molar-refractivity contribution is 9.10. The first-order chi connectivity index (χ1) is 9.74. The van der Waals surface area contributed by atoms with Crippen molar-refractivity contribution in [3.05, 3.63) is 28.2 Å². The van der Waals surface area contributed by atoms with E-state index in [0.717, 1.165) is 28.6 Å². The van der Waals surface area contributed by atoms with E-state index in [1.807, 2.05) is 0 Å². The fourth-order valence-electron chi connectivity index (χ4n) is 3.29. The van der Waals surface area contributed by atoms with Crippen LogP contribution in [0.5, 0.6) is 5.75 Å². The van der Waals surface area contributed by atoms with Gasteiger partial charge in [0, 0.05) is 0 Å². The summed E-state index contributed by atoms with van der Waals surface area (Å²) >= 11 is 3.59. The summed E-state index contributed by atoms with van der Waals surface area (Å²) in [5, 5.41) is 3.53. The number of nitrogens with one attached hydrogen (secondary N) is 1. The first-order valence-electron chi connectivity index (χ1n) is 7.77. The average Bonchev–Trinajstić information content (AvgIpc) is 2.46. The van der Waals surface area contributed by atoms with Gasteiger partial charge in [0.25, 0.3) is 0 Å². The van der Waals surface area contributed by atoms with Crippen LogP contribution in [0.1, 0.15) is 38.2 Å². The highest BCUT2D eigenvalue weighted by Gasteiger charge is 2.24. The first kappa shape index (κ1) is 15.8. The summed E-state index contributed by atoms with van der Waals surface area (Å²) < 4.78 is 6.37. The van der Waals surface area contributed by atoms with Crippen LogP contribution in [0.15, 0.2) is 22.7 Å². The van der Waals surface area contributed by atoms with Gasteiger partial charge in [0.2, 0.25) is 0 Å². The van der Waals surface area contributed by atoms with E-state index in [9.17, 15) is 0 Å². The van der Waals surface area contributed by atoms with Crippen LogP contribution in [-0.2, 0) is 6.42 Å². The van der Waals surface area contributed by atoms with Crippen molar-refractivity contribution in [3.63, 3.8) is 0 Å². The van der Waals surface area contributed by atoms with E-state index in [2.05, 4.69) is 46.4 Å². The van der Waals surface area contributed by atoms with Gasteiger partial charge < -0.3 is 10.1 Å². The molecule has 0 bridgehead atoms. The van der Waals surface area contributed by atoms with Crippen molar-refractivity contribution < 1.29 is 4.74 Å². The molecule has 2 unspecified atom stereocenters. The SMILES string of the molecule is CCNCC1CCCCC1Cc1ccc(OC)c(Br)c1. The molecule has 1 N–H and O–H groups in total. The Morgan fingerprint density at radius 2 is 2.00 bits per heavy atom. The molecule has 0 radical (unpaired) electrons. The maximum atomic E-state index is 5.31. The van der Waals surface area contributed by atoms with Crippen molar-refractivity contribution in [1.29, 1.82) is 0 Å². The summed E-state index contributed by atoms with van der Waals surface area (Å²) in [5.41, 5.74) is 1.42. The average molecular weight is 340 g/mol. The Hall–Kier alpha value is -0.540. The minimum absolute atomic E-state index is 0.822. The lowest BCUT2D eigenvalue weighted by Gasteiger charge is -2.32. The summed E-state index contributed by atoms with van der Waals surface area (Å²) in [6, 6.07) is 6.50.